The first-order chi connectivity index (χ1) is 16.0. The number of Topliss-reactive ketones (excluding diaryl/α,β-unsaturated/α-hetero) is 1. The molecule has 0 radical (unpaired) electrons. The number of carbonyl (C=O) groups excluding carboxylic acids is 2. The molecule has 1 atom stereocenters. The van der Waals surface area contributed by atoms with Gasteiger partial charge in [-0.3, -0.25) is 14.6 Å². The van der Waals surface area contributed by atoms with Crippen molar-refractivity contribution in [2.75, 3.05) is 0 Å². The summed E-state index contributed by atoms with van der Waals surface area (Å²) >= 11 is 0. The van der Waals surface area contributed by atoms with Crippen LogP contribution < -0.4 is 0 Å². The maximum Gasteiger partial charge on any atom is 0.296 e. The molecule has 166 valence electrons. The number of carbonyl (C=O) groups is 2. The largest absolute Gasteiger partial charge is 0.507 e. The molecule has 6 heteroatoms. The quantitative estimate of drug-likeness (QED) is 0.361. The molecule has 1 amide bonds. The zero-order valence-corrected chi connectivity index (χ0v) is 18.0. The molecular formula is C27H23FN2O3. The summed E-state index contributed by atoms with van der Waals surface area (Å²) in [4.78, 5) is 31.8. The first-order valence-corrected chi connectivity index (χ1v) is 11.1. The number of benzene rings is 2. The molecule has 0 saturated carbocycles. The SMILES string of the molecule is O=C1C(=O)N(Cc2ccccn2)C(c2ccccc2F)/C1=C(\O)c1ccc2c(c1)CCCC2. The Kier molecular flexibility index (Phi) is 5.50. The van der Waals surface area contributed by atoms with Crippen LogP contribution in [0, 0.1) is 5.82 Å². The second-order valence-corrected chi connectivity index (χ2v) is 8.46. The number of likely N-dealkylation sites (tertiary alicyclic amines) is 1. The van der Waals surface area contributed by atoms with Gasteiger partial charge < -0.3 is 10.0 Å². The van der Waals surface area contributed by atoms with Gasteiger partial charge in [0.15, 0.2) is 0 Å². The highest BCUT2D eigenvalue weighted by Crippen LogP contribution is 2.41. The molecule has 1 fully saturated rings. The number of ketones is 1. The molecule has 0 bridgehead atoms. The van der Waals surface area contributed by atoms with Gasteiger partial charge in [0, 0.05) is 17.3 Å². The van der Waals surface area contributed by atoms with Crippen molar-refractivity contribution < 1.29 is 19.1 Å². The summed E-state index contributed by atoms with van der Waals surface area (Å²) in [6, 6.07) is 15.9. The fraction of sp³-hybridized carbons (Fsp3) is 0.222. The molecule has 1 aromatic heterocycles. The highest BCUT2D eigenvalue weighted by Gasteiger charge is 2.47. The van der Waals surface area contributed by atoms with E-state index in [1.54, 1.807) is 42.6 Å². The van der Waals surface area contributed by atoms with Crippen LogP contribution in [-0.2, 0) is 29.0 Å². The summed E-state index contributed by atoms with van der Waals surface area (Å²) in [5, 5.41) is 11.3. The van der Waals surface area contributed by atoms with E-state index in [-0.39, 0.29) is 23.4 Å². The molecule has 2 aromatic carbocycles. The molecule has 1 saturated heterocycles. The van der Waals surface area contributed by atoms with E-state index in [1.165, 1.54) is 22.6 Å². The normalized spacial score (nSPS) is 19.5. The first kappa shape index (κ1) is 21.1. The van der Waals surface area contributed by atoms with Crippen molar-refractivity contribution in [3.8, 4) is 0 Å². The van der Waals surface area contributed by atoms with Crippen molar-refractivity contribution in [3.05, 3.63) is 106 Å². The van der Waals surface area contributed by atoms with Crippen molar-refractivity contribution in [1.82, 2.24) is 9.88 Å². The highest BCUT2D eigenvalue weighted by atomic mass is 19.1. The van der Waals surface area contributed by atoms with Gasteiger partial charge in [0.2, 0.25) is 0 Å². The van der Waals surface area contributed by atoms with Crippen molar-refractivity contribution in [2.24, 2.45) is 0 Å². The molecule has 0 spiro atoms. The van der Waals surface area contributed by atoms with Crippen molar-refractivity contribution in [2.45, 2.75) is 38.3 Å². The number of rotatable bonds is 4. The summed E-state index contributed by atoms with van der Waals surface area (Å²) in [5.74, 6) is -2.44. The zero-order chi connectivity index (χ0) is 22.9. The van der Waals surface area contributed by atoms with Gasteiger partial charge in [0.1, 0.15) is 11.6 Å². The molecule has 1 aliphatic carbocycles. The average molecular weight is 442 g/mol. The molecule has 33 heavy (non-hydrogen) atoms. The minimum Gasteiger partial charge on any atom is -0.507 e. The molecule has 5 rings (SSSR count). The van der Waals surface area contributed by atoms with Crippen LogP contribution >= 0.6 is 0 Å². The lowest BCUT2D eigenvalue weighted by Crippen LogP contribution is -2.30. The van der Waals surface area contributed by atoms with Crippen LogP contribution in [0.25, 0.3) is 5.76 Å². The van der Waals surface area contributed by atoms with Crippen LogP contribution in [0.3, 0.4) is 0 Å². The fourth-order valence-electron chi connectivity index (χ4n) is 4.77. The van der Waals surface area contributed by atoms with Crippen LogP contribution in [0.4, 0.5) is 4.39 Å². The molecule has 2 heterocycles. The average Bonchev–Trinajstić information content (AvgIpc) is 3.09. The van der Waals surface area contributed by atoms with E-state index in [9.17, 15) is 19.1 Å². The van der Waals surface area contributed by atoms with Crippen LogP contribution in [0.2, 0.25) is 0 Å². The standard InChI is InChI=1S/C27H23FN2O3/c28-22-11-4-3-10-21(22)24-23(25(31)19-13-12-17-7-1-2-8-18(17)15-19)26(32)27(33)30(24)16-20-9-5-6-14-29-20/h3-6,9-15,24,31H,1-2,7-8,16H2/b25-23+. The smallest absolute Gasteiger partial charge is 0.296 e. The van der Waals surface area contributed by atoms with E-state index < -0.39 is 23.5 Å². The number of aromatic nitrogens is 1. The van der Waals surface area contributed by atoms with Crippen LogP contribution in [-0.4, -0.2) is 26.7 Å². The summed E-state index contributed by atoms with van der Waals surface area (Å²) in [7, 11) is 0. The molecule has 1 aliphatic heterocycles. The van der Waals surface area contributed by atoms with Crippen molar-refractivity contribution in [1.29, 1.82) is 0 Å². The Hall–Kier alpha value is -3.80. The lowest BCUT2D eigenvalue weighted by atomic mass is 9.88. The third kappa shape index (κ3) is 3.82. The Morgan fingerprint density at radius 1 is 1.00 bits per heavy atom. The predicted molar refractivity (Wildman–Crippen MR) is 122 cm³/mol. The van der Waals surface area contributed by atoms with Crippen LogP contribution in [0.5, 0.6) is 0 Å². The van der Waals surface area contributed by atoms with Crippen LogP contribution in [0.15, 0.2) is 72.4 Å². The van der Waals surface area contributed by atoms with E-state index in [1.807, 2.05) is 12.1 Å². The number of aryl methyl sites for hydroxylation is 2. The maximum absolute atomic E-state index is 14.9. The minimum absolute atomic E-state index is 0.0192. The van der Waals surface area contributed by atoms with Gasteiger partial charge in [-0.15, -0.1) is 0 Å². The number of amides is 1. The van der Waals surface area contributed by atoms with Crippen molar-refractivity contribution in [3.63, 3.8) is 0 Å². The number of aliphatic hydroxyl groups excluding tert-OH is 1. The summed E-state index contributed by atoms with van der Waals surface area (Å²) in [6.45, 7) is 0.0192. The Bertz CT molecular complexity index is 1270. The number of fused-ring (bicyclic) bond motifs is 1. The van der Waals surface area contributed by atoms with E-state index >= 15 is 0 Å². The molecular weight excluding hydrogens is 419 g/mol. The summed E-state index contributed by atoms with van der Waals surface area (Å²) < 4.78 is 14.9. The Balaban J connectivity index is 1.65. The number of pyridine rings is 1. The Morgan fingerprint density at radius 3 is 2.52 bits per heavy atom. The van der Waals surface area contributed by atoms with Crippen LogP contribution in [0.1, 0.15) is 46.8 Å². The Morgan fingerprint density at radius 2 is 1.76 bits per heavy atom. The fourth-order valence-corrected chi connectivity index (χ4v) is 4.77. The molecule has 1 N–H and O–H groups in total. The van der Waals surface area contributed by atoms with Gasteiger partial charge in [-0.2, -0.15) is 0 Å². The number of halogens is 1. The second kappa shape index (κ2) is 8.62. The lowest BCUT2D eigenvalue weighted by Gasteiger charge is -2.25. The monoisotopic (exact) mass is 442 g/mol. The molecule has 2 aliphatic rings. The van der Waals surface area contributed by atoms with Gasteiger partial charge in [0.05, 0.1) is 23.9 Å². The van der Waals surface area contributed by atoms with E-state index in [0.717, 1.165) is 31.2 Å². The van der Waals surface area contributed by atoms with E-state index in [2.05, 4.69) is 4.98 Å². The number of hydrogen-bond acceptors (Lipinski definition) is 4. The lowest BCUT2D eigenvalue weighted by molar-refractivity contribution is -0.140. The van der Waals surface area contributed by atoms with Gasteiger partial charge in [-0.1, -0.05) is 36.4 Å². The molecule has 5 nitrogen and oxygen atoms in total. The minimum atomic E-state index is -1.05. The van der Waals surface area contributed by atoms with E-state index in [4.69, 9.17) is 0 Å². The number of hydrogen-bond donors (Lipinski definition) is 1. The number of aliphatic hydroxyl groups is 1. The summed E-state index contributed by atoms with van der Waals surface area (Å²) in [6.07, 6.45) is 5.68. The van der Waals surface area contributed by atoms with Gasteiger partial charge in [-0.25, -0.2) is 4.39 Å². The third-order valence-corrected chi connectivity index (χ3v) is 6.42. The van der Waals surface area contributed by atoms with Crippen molar-refractivity contribution >= 4 is 17.4 Å². The van der Waals surface area contributed by atoms with Gasteiger partial charge >= 0.3 is 0 Å². The predicted octanol–water partition coefficient (Wildman–Crippen LogP) is 4.72. The molecule has 3 aromatic rings. The van der Waals surface area contributed by atoms with Gasteiger partial charge in [-0.05, 0) is 61.1 Å². The first-order valence-electron chi connectivity index (χ1n) is 11.1. The van der Waals surface area contributed by atoms with E-state index in [0.29, 0.717) is 11.3 Å². The number of nitrogens with zero attached hydrogens (tertiary/aromatic N) is 2. The topological polar surface area (TPSA) is 70.5 Å². The summed E-state index contributed by atoms with van der Waals surface area (Å²) in [5.41, 5.74) is 3.46. The molecule has 1 unspecified atom stereocenters. The second-order valence-electron chi connectivity index (χ2n) is 8.46. The van der Waals surface area contributed by atoms with Gasteiger partial charge in [0.25, 0.3) is 11.7 Å². The highest BCUT2D eigenvalue weighted by molar-refractivity contribution is 6.46. The Labute approximate surface area is 191 Å². The zero-order valence-electron chi connectivity index (χ0n) is 18.0. The third-order valence-electron chi connectivity index (χ3n) is 6.42. The maximum atomic E-state index is 14.9.